The monoisotopic (exact) mass is 276 g/mol. The van der Waals surface area contributed by atoms with Crippen molar-refractivity contribution in [2.45, 2.75) is 32.6 Å². The summed E-state index contributed by atoms with van der Waals surface area (Å²) >= 11 is 0. The van der Waals surface area contributed by atoms with Crippen molar-refractivity contribution in [1.82, 2.24) is 20.0 Å². The van der Waals surface area contributed by atoms with E-state index in [-0.39, 0.29) is 5.91 Å². The normalized spacial score (nSPS) is 21.6. The highest BCUT2D eigenvalue weighted by Gasteiger charge is 2.26. The van der Waals surface area contributed by atoms with E-state index in [0.717, 1.165) is 43.1 Å². The summed E-state index contributed by atoms with van der Waals surface area (Å²) in [5.74, 6) is 0.901. The molecule has 0 saturated carbocycles. The van der Waals surface area contributed by atoms with E-state index in [4.69, 9.17) is 0 Å². The van der Waals surface area contributed by atoms with Gasteiger partial charge in [0.25, 0.3) is 5.91 Å². The van der Waals surface area contributed by atoms with E-state index in [1.54, 1.807) is 6.20 Å². The van der Waals surface area contributed by atoms with E-state index in [0.29, 0.717) is 0 Å². The van der Waals surface area contributed by atoms with Crippen LogP contribution in [0.3, 0.4) is 0 Å². The van der Waals surface area contributed by atoms with Gasteiger partial charge in [-0.15, -0.1) is 0 Å². The molecule has 1 aromatic heterocycles. The Kier molecular flexibility index (Phi) is 4.05. The van der Waals surface area contributed by atoms with Crippen LogP contribution in [0.25, 0.3) is 0 Å². The molecular weight excluding hydrogens is 252 g/mol. The highest BCUT2D eigenvalue weighted by molar-refractivity contribution is 5.95. The van der Waals surface area contributed by atoms with Gasteiger partial charge in [-0.3, -0.25) is 9.89 Å². The van der Waals surface area contributed by atoms with Gasteiger partial charge >= 0.3 is 0 Å². The van der Waals surface area contributed by atoms with Gasteiger partial charge in [0, 0.05) is 25.3 Å². The fourth-order valence-corrected chi connectivity index (χ4v) is 3.39. The predicted molar refractivity (Wildman–Crippen MR) is 77.6 cm³/mol. The van der Waals surface area contributed by atoms with Gasteiger partial charge in [0.2, 0.25) is 0 Å². The Morgan fingerprint density at radius 2 is 2.00 bits per heavy atom. The molecule has 110 valence electrons. The van der Waals surface area contributed by atoms with Crippen molar-refractivity contribution in [2.75, 3.05) is 32.7 Å². The summed E-state index contributed by atoms with van der Waals surface area (Å²) in [5, 5.41) is 6.78. The zero-order chi connectivity index (χ0) is 13.9. The lowest BCUT2D eigenvalue weighted by Crippen LogP contribution is -2.41. The molecule has 2 saturated heterocycles. The lowest BCUT2D eigenvalue weighted by molar-refractivity contribution is 0.0672. The van der Waals surface area contributed by atoms with Crippen molar-refractivity contribution in [2.24, 2.45) is 5.92 Å². The van der Waals surface area contributed by atoms with Crippen molar-refractivity contribution in [3.8, 4) is 0 Å². The van der Waals surface area contributed by atoms with Crippen LogP contribution in [0.1, 0.15) is 41.7 Å². The second kappa shape index (κ2) is 5.95. The first-order valence-electron chi connectivity index (χ1n) is 7.75. The summed E-state index contributed by atoms with van der Waals surface area (Å²) < 4.78 is 0. The third kappa shape index (κ3) is 2.87. The highest BCUT2D eigenvalue weighted by Crippen LogP contribution is 2.22. The highest BCUT2D eigenvalue weighted by atomic mass is 16.2. The van der Waals surface area contributed by atoms with E-state index in [1.807, 2.05) is 11.8 Å². The van der Waals surface area contributed by atoms with Gasteiger partial charge in [0.1, 0.15) is 0 Å². The molecule has 1 aromatic rings. The molecule has 1 amide bonds. The number of hydrogen-bond acceptors (Lipinski definition) is 3. The van der Waals surface area contributed by atoms with Gasteiger partial charge in [0.15, 0.2) is 0 Å². The van der Waals surface area contributed by atoms with Crippen LogP contribution in [0.4, 0.5) is 0 Å². The molecule has 0 unspecified atom stereocenters. The second-order valence-corrected chi connectivity index (χ2v) is 6.15. The van der Waals surface area contributed by atoms with Crippen LogP contribution in [0.15, 0.2) is 6.20 Å². The lowest BCUT2D eigenvalue weighted by atomic mass is 9.96. The van der Waals surface area contributed by atoms with Crippen LogP contribution in [0.5, 0.6) is 0 Å². The fourth-order valence-electron chi connectivity index (χ4n) is 3.39. The summed E-state index contributed by atoms with van der Waals surface area (Å²) in [6.45, 7) is 7.46. The minimum Gasteiger partial charge on any atom is -0.339 e. The maximum absolute atomic E-state index is 12.4. The number of hydrogen-bond donors (Lipinski definition) is 1. The molecule has 0 aliphatic carbocycles. The number of aromatic amines is 1. The number of H-pyrrole nitrogens is 1. The summed E-state index contributed by atoms with van der Waals surface area (Å²) in [6, 6.07) is 0. The summed E-state index contributed by atoms with van der Waals surface area (Å²) in [4.78, 5) is 17.0. The number of carbonyl (C=O) groups is 1. The Hall–Kier alpha value is -1.36. The number of carbonyl (C=O) groups excluding carboxylic acids is 1. The molecule has 0 bridgehead atoms. The summed E-state index contributed by atoms with van der Waals surface area (Å²) in [5.41, 5.74) is 1.59. The van der Waals surface area contributed by atoms with Crippen LogP contribution in [-0.2, 0) is 0 Å². The van der Waals surface area contributed by atoms with Gasteiger partial charge in [-0.2, -0.15) is 5.10 Å². The Balaban J connectivity index is 1.50. The zero-order valence-corrected chi connectivity index (χ0v) is 12.3. The van der Waals surface area contributed by atoms with Crippen LogP contribution in [-0.4, -0.2) is 58.6 Å². The average Bonchev–Trinajstić information content (AvgIpc) is 3.10. The largest absolute Gasteiger partial charge is 0.339 e. The molecule has 2 fully saturated rings. The molecule has 5 heteroatoms. The molecule has 5 nitrogen and oxygen atoms in total. The number of amides is 1. The quantitative estimate of drug-likeness (QED) is 0.913. The molecule has 0 atom stereocenters. The second-order valence-electron chi connectivity index (χ2n) is 6.15. The van der Waals surface area contributed by atoms with Crippen LogP contribution < -0.4 is 0 Å². The van der Waals surface area contributed by atoms with E-state index >= 15 is 0 Å². The van der Waals surface area contributed by atoms with Gasteiger partial charge in [-0.25, -0.2) is 0 Å². The van der Waals surface area contributed by atoms with E-state index in [9.17, 15) is 4.79 Å². The molecule has 1 N–H and O–H groups in total. The standard InChI is InChI=1S/C15H24N4O/c1-12-14(10-16-17-12)15(20)19-8-4-13(5-9-19)11-18-6-2-3-7-18/h10,13H,2-9,11H2,1H3,(H,16,17). The lowest BCUT2D eigenvalue weighted by Gasteiger charge is -2.33. The van der Waals surface area contributed by atoms with Crippen molar-refractivity contribution in [3.63, 3.8) is 0 Å². The minimum absolute atomic E-state index is 0.135. The number of aryl methyl sites for hydroxylation is 1. The van der Waals surface area contributed by atoms with E-state index < -0.39 is 0 Å². The minimum atomic E-state index is 0.135. The smallest absolute Gasteiger partial charge is 0.257 e. The Bertz CT molecular complexity index is 456. The third-order valence-corrected chi connectivity index (χ3v) is 4.68. The summed E-state index contributed by atoms with van der Waals surface area (Å²) in [6.07, 6.45) is 6.64. The van der Waals surface area contributed by atoms with Crippen molar-refractivity contribution >= 4 is 5.91 Å². The molecule has 2 aliphatic rings. The fraction of sp³-hybridized carbons (Fsp3) is 0.733. The van der Waals surface area contributed by atoms with Gasteiger partial charge < -0.3 is 9.80 Å². The van der Waals surface area contributed by atoms with E-state index in [1.165, 1.54) is 32.5 Å². The SMILES string of the molecule is Cc1[nH]ncc1C(=O)N1CCC(CN2CCCC2)CC1. The number of rotatable bonds is 3. The maximum atomic E-state index is 12.4. The summed E-state index contributed by atoms with van der Waals surface area (Å²) in [7, 11) is 0. The van der Waals surface area contributed by atoms with Crippen molar-refractivity contribution < 1.29 is 4.79 Å². The predicted octanol–water partition coefficient (Wildman–Crippen LogP) is 1.67. The van der Waals surface area contributed by atoms with Gasteiger partial charge in [-0.1, -0.05) is 0 Å². The number of piperidine rings is 1. The number of likely N-dealkylation sites (tertiary alicyclic amines) is 2. The first-order chi connectivity index (χ1) is 9.74. The number of nitrogens with zero attached hydrogens (tertiary/aromatic N) is 3. The molecule has 3 rings (SSSR count). The molecule has 20 heavy (non-hydrogen) atoms. The maximum Gasteiger partial charge on any atom is 0.257 e. The zero-order valence-electron chi connectivity index (χ0n) is 12.3. The number of nitrogens with one attached hydrogen (secondary N) is 1. The van der Waals surface area contributed by atoms with Crippen LogP contribution in [0.2, 0.25) is 0 Å². The topological polar surface area (TPSA) is 52.2 Å². The molecule has 3 heterocycles. The Morgan fingerprint density at radius 3 is 2.60 bits per heavy atom. The first kappa shape index (κ1) is 13.6. The molecular formula is C15H24N4O. The third-order valence-electron chi connectivity index (χ3n) is 4.68. The number of aromatic nitrogens is 2. The Labute approximate surface area is 120 Å². The first-order valence-corrected chi connectivity index (χ1v) is 7.75. The molecule has 0 aromatic carbocycles. The molecule has 2 aliphatic heterocycles. The molecule has 0 spiro atoms. The van der Waals surface area contributed by atoms with Crippen molar-refractivity contribution in [1.29, 1.82) is 0 Å². The van der Waals surface area contributed by atoms with Gasteiger partial charge in [-0.05, 0) is 51.6 Å². The van der Waals surface area contributed by atoms with E-state index in [2.05, 4.69) is 15.1 Å². The average molecular weight is 276 g/mol. The van der Waals surface area contributed by atoms with Gasteiger partial charge in [0.05, 0.1) is 11.8 Å². The molecule has 0 radical (unpaired) electrons. The van der Waals surface area contributed by atoms with Crippen LogP contribution in [0, 0.1) is 12.8 Å². The van der Waals surface area contributed by atoms with Crippen molar-refractivity contribution in [3.05, 3.63) is 17.5 Å². The Morgan fingerprint density at radius 1 is 1.30 bits per heavy atom. The van der Waals surface area contributed by atoms with Crippen LogP contribution >= 0.6 is 0 Å².